The fraction of sp³-hybridized carbons (Fsp3) is 0.238. The molecule has 26 heavy (non-hydrogen) atoms. The second-order valence-corrected chi connectivity index (χ2v) is 6.65. The fourth-order valence-electron chi connectivity index (χ4n) is 3.67. The predicted molar refractivity (Wildman–Crippen MR) is 99.2 cm³/mol. The van der Waals surface area contributed by atoms with Crippen molar-refractivity contribution in [2.24, 2.45) is 0 Å². The van der Waals surface area contributed by atoms with Crippen molar-refractivity contribution in [2.45, 2.75) is 25.8 Å². The topological polar surface area (TPSA) is 55.7 Å². The number of anilines is 1. The Labute approximate surface area is 151 Å². The summed E-state index contributed by atoms with van der Waals surface area (Å²) in [6, 6.07) is 15.1. The van der Waals surface area contributed by atoms with Gasteiger partial charge in [-0.1, -0.05) is 29.8 Å². The summed E-state index contributed by atoms with van der Waals surface area (Å²) in [4.78, 5) is 10.1. The third kappa shape index (κ3) is 2.84. The summed E-state index contributed by atoms with van der Waals surface area (Å²) >= 11 is 0. The maximum atomic E-state index is 14.0. The van der Waals surface area contributed by atoms with Gasteiger partial charge in [-0.3, -0.25) is 0 Å². The van der Waals surface area contributed by atoms with Crippen LogP contribution >= 0.6 is 0 Å². The molecule has 0 amide bonds. The highest BCUT2D eigenvalue weighted by atomic mass is 19.1. The molecule has 0 bridgehead atoms. The van der Waals surface area contributed by atoms with Gasteiger partial charge in [0.2, 0.25) is 0 Å². The smallest absolute Gasteiger partial charge is 0.143 e. The maximum absolute atomic E-state index is 14.0. The summed E-state index contributed by atoms with van der Waals surface area (Å²) in [5.74, 6) is 0.378. The summed E-state index contributed by atoms with van der Waals surface area (Å²) in [5.41, 5.74) is 4.00. The van der Waals surface area contributed by atoms with E-state index in [4.69, 9.17) is 0 Å². The van der Waals surface area contributed by atoms with E-state index in [1.807, 2.05) is 24.4 Å². The monoisotopic (exact) mass is 346 g/mol. The van der Waals surface area contributed by atoms with Crippen molar-refractivity contribution in [1.29, 1.82) is 5.26 Å². The highest BCUT2D eigenvalue weighted by molar-refractivity contribution is 5.62. The molecule has 1 aliphatic rings. The number of imidazole rings is 1. The lowest BCUT2D eigenvalue weighted by Crippen LogP contribution is -2.24. The molecule has 1 saturated heterocycles. The van der Waals surface area contributed by atoms with Gasteiger partial charge in [0.25, 0.3) is 0 Å². The van der Waals surface area contributed by atoms with Crippen molar-refractivity contribution in [3.05, 3.63) is 71.4 Å². The Morgan fingerprint density at radius 2 is 2.12 bits per heavy atom. The number of nitrogens with one attached hydrogen (secondary N) is 1. The Hall–Kier alpha value is -3.13. The lowest BCUT2D eigenvalue weighted by molar-refractivity contribution is 0.619. The largest absolute Gasteiger partial charge is 0.360 e. The van der Waals surface area contributed by atoms with Crippen molar-refractivity contribution in [1.82, 2.24) is 9.97 Å². The van der Waals surface area contributed by atoms with Gasteiger partial charge in [-0.15, -0.1) is 0 Å². The minimum absolute atomic E-state index is 0.0162. The molecule has 130 valence electrons. The lowest BCUT2D eigenvalue weighted by atomic mass is 10.1. The minimum Gasteiger partial charge on any atom is -0.360 e. The Morgan fingerprint density at radius 1 is 1.27 bits per heavy atom. The van der Waals surface area contributed by atoms with Crippen LogP contribution in [0.15, 0.2) is 48.7 Å². The van der Waals surface area contributed by atoms with Gasteiger partial charge in [0.05, 0.1) is 23.6 Å². The fourth-order valence-corrected chi connectivity index (χ4v) is 3.67. The molecule has 5 heteroatoms. The van der Waals surface area contributed by atoms with Crippen molar-refractivity contribution >= 4 is 5.69 Å². The maximum Gasteiger partial charge on any atom is 0.143 e. The molecule has 0 aliphatic carbocycles. The summed E-state index contributed by atoms with van der Waals surface area (Å²) in [7, 11) is 0. The molecule has 1 unspecified atom stereocenters. The number of nitrogens with zero attached hydrogens (tertiary/aromatic N) is 3. The third-order valence-electron chi connectivity index (χ3n) is 4.91. The Kier molecular flexibility index (Phi) is 4.18. The quantitative estimate of drug-likeness (QED) is 0.745. The van der Waals surface area contributed by atoms with Crippen LogP contribution in [-0.4, -0.2) is 16.5 Å². The van der Waals surface area contributed by atoms with Gasteiger partial charge in [-0.25, -0.2) is 9.37 Å². The van der Waals surface area contributed by atoms with E-state index in [0.717, 1.165) is 36.5 Å². The molecule has 0 saturated carbocycles. The summed E-state index contributed by atoms with van der Waals surface area (Å²) in [6.07, 6.45) is 3.74. The van der Waals surface area contributed by atoms with E-state index in [1.54, 1.807) is 6.07 Å². The van der Waals surface area contributed by atoms with Crippen LogP contribution in [0.2, 0.25) is 0 Å². The van der Waals surface area contributed by atoms with Gasteiger partial charge < -0.3 is 9.88 Å². The average Bonchev–Trinajstić information content (AvgIpc) is 3.30. The number of H-pyrrole nitrogens is 1. The molecule has 2 aromatic carbocycles. The van der Waals surface area contributed by atoms with Crippen molar-refractivity contribution in [3.8, 4) is 17.3 Å². The number of benzene rings is 2. The number of aryl methyl sites for hydroxylation is 1. The second kappa shape index (κ2) is 6.64. The van der Waals surface area contributed by atoms with E-state index >= 15 is 0 Å². The normalized spacial score (nSPS) is 16.7. The molecular formula is C21H19FN4. The van der Waals surface area contributed by atoms with Gasteiger partial charge in [0, 0.05) is 6.54 Å². The van der Waals surface area contributed by atoms with E-state index in [1.165, 1.54) is 11.6 Å². The van der Waals surface area contributed by atoms with Gasteiger partial charge in [-0.2, -0.15) is 5.26 Å². The molecular weight excluding hydrogens is 327 g/mol. The molecule has 1 atom stereocenters. The van der Waals surface area contributed by atoms with Crippen molar-refractivity contribution < 1.29 is 4.39 Å². The Balaban J connectivity index is 1.68. The van der Waals surface area contributed by atoms with Gasteiger partial charge in [-0.05, 0) is 43.5 Å². The molecule has 0 radical (unpaired) electrons. The van der Waals surface area contributed by atoms with Crippen LogP contribution < -0.4 is 4.90 Å². The predicted octanol–water partition coefficient (Wildman–Crippen LogP) is 4.74. The van der Waals surface area contributed by atoms with Crippen LogP contribution in [0.4, 0.5) is 10.1 Å². The zero-order chi connectivity index (χ0) is 18.1. The highest BCUT2D eigenvalue weighted by Gasteiger charge is 2.30. The lowest BCUT2D eigenvalue weighted by Gasteiger charge is -2.26. The number of aromatic amines is 1. The zero-order valence-corrected chi connectivity index (χ0v) is 14.5. The molecule has 3 aromatic rings. The standard InChI is InChI=1S/C21H19FN4/c1-14-5-2-6-15(11-14)18-13-24-21(25-18)20-9-4-10-26(20)19-8-3-7-17(22)16(19)12-23/h2-3,5-8,11,13,20H,4,9-10H2,1H3,(H,24,25). The summed E-state index contributed by atoms with van der Waals surface area (Å²) in [6.45, 7) is 2.84. The number of hydrogen-bond donors (Lipinski definition) is 1. The molecule has 0 spiro atoms. The molecule has 1 aliphatic heterocycles. The molecule has 1 fully saturated rings. The first-order valence-corrected chi connectivity index (χ1v) is 8.74. The first-order valence-electron chi connectivity index (χ1n) is 8.74. The second-order valence-electron chi connectivity index (χ2n) is 6.65. The van der Waals surface area contributed by atoms with E-state index in [2.05, 4.69) is 40.0 Å². The van der Waals surface area contributed by atoms with Gasteiger partial charge in [0.1, 0.15) is 23.3 Å². The minimum atomic E-state index is -0.476. The summed E-state index contributed by atoms with van der Waals surface area (Å²) < 4.78 is 14.0. The van der Waals surface area contributed by atoms with Crippen LogP contribution in [0.1, 0.15) is 35.8 Å². The average molecular weight is 346 g/mol. The summed E-state index contributed by atoms with van der Waals surface area (Å²) in [5, 5.41) is 9.36. The molecule has 4 nitrogen and oxygen atoms in total. The van der Waals surface area contributed by atoms with Crippen LogP contribution in [-0.2, 0) is 0 Å². The Bertz CT molecular complexity index is 986. The molecule has 1 aromatic heterocycles. The van der Waals surface area contributed by atoms with Crippen LogP contribution in [0.5, 0.6) is 0 Å². The number of hydrogen-bond acceptors (Lipinski definition) is 3. The first kappa shape index (κ1) is 16.3. The van der Waals surface area contributed by atoms with Crippen molar-refractivity contribution in [2.75, 3.05) is 11.4 Å². The third-order valence-corrected chi connectivity index (χ3v) is 4.91. The SMILES string of the molecule is Cc1cccc(-c2cnc(C3CCCN3c3cccc(F)c3C#N)[nH]2)c1. The van der Waals surface area contributed by atoms with E-state index in [-0.39, 0.29) is 11.6 Å². The van der Waals surface area contributed by atoms with Crippen LogP contribution in [0.3, 0.4) is 0 Å². The first-order chi connectivity index (χ1) is 12.7. The number of aromatic nitrogens is 2. The van der Waals surface area contributed by atoms with Crippen LogP contribution in [0.25, 0.3) is 11.3 Å². The van der Waals surface area contributed by atoms with Crippen molar-refractivity contribution in [3.63, 3.8) is 0 Å². The van der Waals surface area contributed by atoms with Crippen LogP contribution in [0, 0.1) is 24.1 Å². The van der Waals surface area contributed by atoms with Gasteiger partial charge in [0.15, 0.2) is 0 Å². The zero-order valence-electron chi connectivity index (χ0n) is 14.5. The number of nitriles is 1. The molecule has 2 heterocycles. The number of rotatable bonds is 3. The number of halogens is 1. The van der Waals surface area contributed by atoms with E-state index < -0.39 is 5.82 Å². The highest BCUT2D eigenvalue weighted by Crippen LogP contribution is 2.37. The Morgan fingerprint density at radius 3 is 2.92 bits per heavy atom. The molecule has 1 N–H and O–H groups in total. The van der Waals surface area contributed by atoms with E-state index in [0.29, 0.717) is 5.69 Å². The molecule has 4 rings (SSSR count). The van der Waals surface area contributed by atoms with Gasteiger partial charge >= 0.3 is 0 Å². The van der Waals surface area contributed by atoms with E-state index in [9.17, 15) is 9.65 Å².